The van der Waals surface area contributed by atoms with Crippen LogP contribution in [-0.4, -0.2) is 28.9 Å². The number of rotatable bonds is 6. The van der Waals surface area contributed by atoms with E-state index >= 15 is 0 Å². The van der Waals surface area contributed by atoms with E-state index < -0.39 is 0 Å². The summed E-state index contributed by atoms with van der Waals surface area (Å²) in [6.45, 7) is 4.61. The van der Waals surface area contributed by atoms with Gasteiger partial charge in [-0.1, -0.05) is 13.3 Å². The second-order valence-electron chi connectivity index (χ2n) is 4.36. The van der Waals surface area contributed by atoms with E-state index in [1.807, 2.05) is 12.3 Å². The van der Waals surface area contributed by atoms with E-state index in [4.69, 9.17) is 5.73 Å². The molecule has 0 spiro atoms. The minimum atomic E-state index is -0.0212. The van der Waals surface area contributed by atoms with Crippen LogP contribution in [0.5, 0.6) is 0 Å². The highest BCUT2D eigenvalue weighted by molar-refractivity contribution is 7.09. The normalized spacial score (nSPS) is 12.5. The highest BCUT2D eigenvalue weighted by Gasteiger charge is 2.14. The fraction of sp³-hybridized carbons (Fsp3) is 0.667. The summed E-state index contributed by atoms with van der Waals surface area (Å²) >= 11 is 1.61. The Morgan fingerprint density at radius 3 is 2.88 bits per heavy atom. The largest absolute Gasteiger partial charge is 0.340 e. The van der Waals surface area contributed by atoms with Gasteiger partial charge in [0.2, 0.25) is 5.91 Å². The van der Waals surface area contributed by atoms with E-state index in [-0.39, 0.29) is 11.9 Å². The van der Waals surface area contributed by atoms with E-state index in [1.54, 1.807) is 23.3 Å². The predicted octanol–water partition coefficient (Wildman–Crippen LogP) is 1.93. The number of hydrogen-bond acceptors (Lipinski definition) is 4. The third-order valence-electron chi connectivity index (χ3n) is 2.59. The third kappa shape index (κ3) is 4.83. The number of aryl methyl sites for hydroxylation is 1. The van der Waals surface area contributed by atoms with Crippen LogP contribution in [-0.2, 0) is 11.3 Å². The number of carbonyl (C=O) groups excluding carboxylic acids is 1. The third-order valence-corrected chi connectivity index (χ3v) is 3.41. The Hall–Kier alpha value is -0.940. The van der Waals surface area contributed by atoms with Gasteiger partial charge in [0.05, 0.1) is 17.2 Å². The van der Waals surface area contributed by atoms with Gasteiger partial charge in [0, 0.05) is 24.9 Å². The van der Waals surface area contributed by atoms with Crippen molar-refractivity contribution in [2.24, 2.45) is 5.73 Å². The number of nitrogens with zero attached hydrogens (tertiary/aromatic N) is 2. The lowest BCUT2D eigenvalue weighted by molar-refractivity contribution is -0.130. The lowest BCUT2D eigenvalue weighted by atomic mass is 10.1. The first-order valence-electron chi connectivity index (χ1n) is 5.93. The van der Waals surface area contributed by atoms with E-state index in [2.05, 4.69) is 11.9 Å². The van der Waals surface area contributed by atoms with Crippen molar-refractivity contribution in [3.63, 3.8) is 0 Å². The van der Waals surface area contributed by atoms with Crippen LogP contribution in [0.4, 0.5) is 0 Å². The van der Waals surface area contributed by atoms with Crippen LogP contribution in [0.1, 0.15) is 36.9 Å². The zero-order chi connectivity index (χ0) is 12.8. The van der Waals surface area contributed by atoms with Crippen molar-refractivity contribution in [2.45, 2.75) is 45.7 Å². The Labute approximate surface area is 107 Å². The molecule has 1 atom stereocenters. The van der Waals surface area contributed by atoms with Crippen molar-refractivity contribution < 1.29 is 4.79 Å². The highest BCUT2D eigenvalue weighted by atomic mass is 32.1. The molecule has 0 aliphatic carbocycles. The molecule has 0 aliphatic heterocycles. The molecule has 1 rings (SSSR count). The Morgan fingerprint density at radius 1 is 1.65 bits per heavy atom. The molecule has 0 bridgehead atoms. The van der Waals surface area contributed by atoms with Crippen LogP contribution in [0.25, 0.3) is 0 Å². The van der Waals surface area contributed by atoms with E-state index in [0.717, 1.165) is 23.5 Å². The van der Waals surface area contributed by atoms with Gasteiger partial charge in [-0.25, -0.2) is 4.98 Å². The first-order valence-corrected chi connectivity index (χ1v) is 6.81. The molecule has 1 amide bonds. The van der Waals surface area contributed by atoms with Crippen LogP contribution >= 0.6 is 11.3 Å². The zero-order valence-corrected chi connectivity index (χ0v) is 11.6. The second kappa shape index (κ2) is 6.71. The summed E-state index contributed by atoms with van der Waals surface area (Å²) in [5.74, 6) is 0.0941. The van der Waals surface area contributed by atoms with Gasteiger partial charge in [-0.3, -0.25) is 4.79 Å². The highest BCUT2D eigenvalue weighted by Crippen LogP contribution is 2.11. The van der Waals surface area contributed by atoms with Crippen LogP contribution in [0.15, 0.2) is 5.38 Å². The molecule has 0 saturated carbocycles. The molecule has 4 nitrogen and oxygen atoms in total. The van der Waals surface area contributed by atoms with E-state index in [0.29, 0.717) is 13.0 Å². The van der Waals surface area contributed by atoms with Gasteiger partial charge < -0.3 is 10.6 Å². The smallest absolute Gasteiger partial charge is 0.224 e. The fourth-order valence-corrected chi connectivity index (χ4v) is 2.27. The number of thiazole rings is 1. The molecular weight excluding hydrogens is 234 g/mol. The number of nitrogens with two attached hydrogens (primary N) is 1. The number of hydrogen-bond donors (Lipinski definition) is 1. The van der Waals surface area contributed by atoms with Gasteiger partial charge in [-0.15, -0.1) is 11.3 Å². The number of carbonyl (C=O) groups is 1. The molecule has 5 heteroatoms. The molecule has 1 heterocycles. The molecule has 0 aromatic carbocycles. The van der Waals surface area contributed by atoms with Crippen molar-refractivity contribution in [1.82, 2.24) is 9.88 Å². The van der Waals surface area contributed by atoms with Crippen LogP contribution in [0, 0.1) is 6.92 Å². The topological polar surface area (TPSA) is 59.2 Å². The maximum absolute atomic E-state index is 11.9. The van der Waals surface area contributed by atoms with Crippen LogP contribution in [0.2, 0.25) is 0 Å². The molecule has 1 aromatic heterocycles. The Morgan fingerprint density at radius 2 is 2.35 bits per heavy atom. The molecule has 17 heavy (non-hydrogen) atoms. The summed E-state index contributed by atoms with van der Waals surface area (Å²) < 4.78 is 0. The molecule has 0 aliphatic rings. The maximum Gasteiger partial charge on any atom is 0.224 e. The quantitative estimate of drug-likeness (QED) is 0.845. The van der Waals surface area contributed by atoms with Gasteiger partial charge >= 0.3 is 0 Å². The molecule has 1 aromatic rings. The first kappa shape index (κ1) is 14.1. The van der Waals surface area contributed by atoms with Gasteiger partial charge in [-0.2, -0.15) is 0 Å². The van der Waals surface area contributed by atoms with Crippen LogP contribution < -0.4 is 5.73 Å². The summed E-state index contributed by atoms with van der Waals surface area (Å²) in [4.78, 5) is 17.9. The Balaban J connectivity index is 2.41. The lowest BCUT2D eigenvalue weighted by Gasteiger charge is -2.18. The van der Waals surface area contributed by atoms with Crippen molar-refractivity contribution in [3.05, 3.63) is 16.1 Å². The Kier molecular flexibility index (Phi) is 5.58. The first-order chi connectivity index (χ1) is 8.02. The van der Waals surface area contributed by atoms with Crippen molar-refractivity contribution in [1.29, 1.82) is 0 Å². The van der Waals surface area contributed by atoms with Crippen molar-refractivity contribution in [3.8, 4) is 0 Å². The number of amides is 1. The molecular formula is C12H21N3OS. The summed E-state index contributed by atoms with van der Waals surface area (Å²) in [6, 6.07) is -0.0212. The van der Waals surface area contributed by atoms with Crippen LogP contribution in [0.3, 0.4) is 0 Å². The predicted molar refractivity (Wildman–Crippen MR) is 70.8 cm³/mol. The van der Waals surface area contributed by atoms with Gasteiger partial charge in [0.15, 0.2) is 0 Å². The number of aromatic nitrogens is 1. The minimum Gasteiger partial charge on any atom is -0.340 e. The molecule has 0 saturated heterocycles. The fourth-order valence-electron chi connectivity index (χ4n) is 1.67. The van der Waals surface area contributed by atoms with Crippen molar-refractivity contribution >= 4 is 17.2 Å². The average molecular weight is 255 g/mol. The van der Waals surface area contributed by atoms with Crippen molar-refractivity contribution in [2.75, 3.05) is 7.05 Å². The molecule has 1 unspecified atom stereocenters. The monoisotopic (exact) mass is 255 g/mol. The summed E-state index contributed by atoms with van der Waals surface area (Å²) in [7, 11) is 1.80. The summed E-state index contributed by atoms with van der Waals surface area (Å²) in [5.41, 5.74) is 6.81. The van der Waals surface area contributed by atoms with Gasteiger partial charge in [0.25, 0.3) is 0 Å². The average Bonchev–Trinajstić information content (AvgIpc) is 2.64. The Bertz CT molecular complexity index is 364. The lowest BCUT2D eigenvalue weighted by Crippen LogP contribution is -2.33. The standard InChI is InChI=1S/C12H21N3OS/c1-4-5-10(13)6-12(16)15(3)7-11-8-17-9(2)14-11/h8,10H,4-7,13H2,1-3H3. The maximum atomic E-state index is 11.9. The molecule has 96 valence electrons. The molecule has 0 fully saturated rings. The second-order valence-corrected chi connectivity index (χ2v) is 5.42. The summed E-state index contributed by atoms with van der Waals surface area (Å²) in [6.07, 6.45) is 2.34. The van der Waals surface area contributed by atoms with Gasteiger partial charge in [-0.05, 0) is 13.3 Å². The summed E-state index contributed by atoms with van der Waals surface area (Å²) in [5, 5.41) is 3.02. The minimum absolute atomic E-state index is 0.0212. The van der Waals surface area contributed by atoms with Gasteiger partial charge in [0.1, 0.15) is 0 Å². The van der Waals surface area contributed by atoms with E-state index in [1.165, 1.54) is 0 Å². The zero-order valence-electron chi connectivity index (χ0n) is 10.8. The molecule has 0 radical (unpaired) electrons. The van der Waals surface area contributed by atoms with E-state index in [9.17, 15) is 4.79 Å². The SMILES string of the molecule is CCCC(N)CC(=O)N(C)Cc1csc(C)n1. The molecule has 2 N–H and O–H groups in total.